The van der Waals surface area contributed by atoms with Gasteiger partial charge < -0.3 is 14.6 Å². The molecule has 0 bridgehead atoms. The van der Waals surface area contributed by atoms with Crippen molar-refractivity contribution in [1.29, 1.82) is 0 Å². The van der Waals surface area contributed by atoms with Gasteiger partial charge in [-0.25, -0.2) is 4.98 Å². The standard InChI is InChI=1S/C17H31N3O/c1-16(2)8-10-17(21-5,11-9-16)14(18-3)6-7-15-19-12-13-20(15)4/h12-14,18H,6-11H2,1-5H3. The van der Waals surface area contributed by atoms with Gasteiger partial charge in [0.25, 0.3) is 0 Å². The van der Waals surface area contributed by atoms with Crippen LogP contribution >= 0.6 is 0 Å². The molecule has 0 amide bonds. The number of likely N-dealkylation sites (N-methyl/N-ethyl adjacent to an activating group) is 1. The summed E-state index contributed by atoms with van der Waals surface area (Å²) >= 11 is 0. The van der Waals surface area contributed by atoms with Crippen LogP contribution < -0.4 is 5.32 Å². The van der Waals surface area contributed by atoms with Crippen LogP contribution in [0.2, 0.25) is 0 Å². The van der Waals surface area contributed by atoms with Crippen molar-refractivity contribution in [1.82, 2.24) is 14.9 Å². The molecule has 1 saturated carbocycles. The highest BCUT2D eigenvalue weighted by Crippen LogP contribution is 2.44. The molecule has 1 aliphatic carbocycles. The van der Waals surface area contributed by atoms with Gasteiger partial charge in [0.1, 0.15) is 5.82 Å². The Hall–Kier alpha value is -0.870. The minimum Gasteiger partial charge on any atom is -0.377 e. The van der Waals surface area contributed by atoms with E-state index in [2.05, 4.69) is 42.8 Å². The van der Waals surface area contributed by atoms with E-state index < -0.39 is 0 Å². The molecule has 1 atom stereocenters. The van der Waals surface area contributed by atoms with E-state index >= 15 is 0 Å². The van der Waals surface area contributed by atoms with E-state index in [9.17, 15) is 0 Å². The number of hydrogen-bond donors (Lipinski definition) is 1. The van der Waals surface area contributed by atoms with Gasteiger partial charge in [-0.2, -0.15) is 0 Å². The zero-order chi connectivity index (χ0) is 15.5. The van der Waals surface area contributed by atoms with E-state index in [-0.39, 0.29) is 5.60 Å². The lowest BCUT2D eigenvalue weighted by atomic mass is 9.68. The van der Waals surface area contributed by atoms with Gasteiger partial charge in [0.2, 0.25) is 0 Å². The van der Waals surface area contributed by atoms with Gasteiger partial charge in [-0.1, -0.05) is 13.8 Å². The van der Waals surface area contributed by atoms with E-state index in [1.54, 1.807) is 0 Å². The minimum atomic E-state index is -0.0184. The highest BCUT2D eigenvalue weighted by atomic mass is 16.5. The lowest BCUT2D eigenvalue weighted by molar-refractivity contribution is -0.0864. The summed E-state index contributed by atoms with van der Waals surface area (Å²) in [5.41, 5.74) is 0.440. The molecule has 2 rings (SSSR count). The zero-order valence-electron chi connectivity index (χ0n) is 14.3. The van der Waals surface area contributed by atoms with Crippen molar-refractivity contribution in [2.75, 3.05) is 14.2 Å². The highest BCUT2D eigenvalue weighted by Gasteiger charge is 2.43. The second kappa shape index (κ2) is 6.49. The molecule has 1 aromatic heterocycles. The first-order chi connectivity index (χ1) is 9.92. The molecular weight excluding hydrogens is 262 g/mol. The smallest absolute Gasteiger partial charge is 0.108 e. The van der Waals surface area contributed by atoms with E-state index in [1.807, 2.05) is 19.5 Å². The summed E-state index contributed by atoms with van der Waals surface area (Å²) in [6.45, 7) is 4.74. The van der Waals surface area contributed by atoms with Crippen molar-refractivity contribution < 1.29 is 4.74 Å². The maximum atomic E-state index is 6.04. The second-order valence-electron chi connectivity index (χ2n) is 7.27. The maximum Gasteiger partial charge on any atom is 0.108 e. The molecule has 1 unspecified atom stereocenters. The number of imidazole rings is 1. The zero-order valence-corrected chi connectivity index (χ0v) is 14.3. The molecule has 1 fully saturated rings. The number of nitrogens with one attached hydrogen (secondary N) is 1. The Morgan fingerprint density at radius 2 is 2.00 bits per heavy atom. The van der Waals surface area contributed by atoms with Crippen LogP contribution in [0.25, 0.3) is 0 Å². The number of aromatic nitrogens is 2. The third kappa shape index (κ3) is 3.67. The summed E-state index contributed by atoms with van der Waals surface area (Å²) in [5, 5.41) is 3.51. The number of methoxy groups -OCH3 is 1. The fourth-order valence-electron chi connectivity index (χ4n) is 3.63. The minimum absolute atomic E-state index is 0.0184. The third-order valence-corrected chi connectivity index (χ3v) is 5.42. The molecule has 0 aliphatic heterocycles. The van der Waals surface area contributed by atoms with Crippen molar-refractivity contribution in [2.24, 2.45) is 12.5 Å². The predicted molar refractivity (Wildman–Crippen MR) is 86.4 cm³/mol. The van der Waals surface area contributed by atoms with Crippen LogP contribution in [0.1, 0.15) is 51.8 Å². The predicted octanol–water partition coefficient (Wildman–Crippen LogP) is 2.93. The van der Waals surface area contributed by atoms with Crippen molar-refractivity contribution in [3.63, 3.8) is 0 Å². The Kier molecular flexibility index (Phi) is 5.10. The molecular formula is C17H31N3O. The molecule has 1 N–H and O–H groups in total. The Morgan fingerprint density at radius 3 is 2.48 bits per heavy atom. The molecule has 21 heavy (non-hydrogen) atoms. The van der Waals surface area contributed by atoms with Gasteiger partial charge in [-0.05, 0) is 44.6 Å². The molecule has 1 aliphatic rings. The normalized spacial score (nSPS) is 22.1. The summed E-state index contributed by atoms with van der Waals surface area (Å²) in [6.07, 6.45) is 10.7. The van der Waals surface area contributed by atoms with Crippen LogP contribution in [-0.2, 0) is 18.2 Å². The van der Waals surface area contributed by atoms with Crippen LogP contribution in [-0.4, -0.2) is 35.4 Å². The number of hydrogen-bond acceptors (Lipinski definition) is 3. The molecule has 1 aromatic rings. The number of nitrogens with zero attached hydrogens (tertiary/aromatic N) is 2. The first kappa shape index (κ1) is 16.5. The van der Waals surface area contributed by atoms with Crippen LogP contribution in [0.4, 0.5) is 0 Å². The Bertz CT molecular complexity index is 443. The topological polar surface area (TPSA) is 39.1 Å². The molecule has 0 saturated heterocycles. The molecule has 4 nitrogen and oxygen atoms in total. The van der Waals surface area contributed by atoms with Crippen molar-refractivity contribution in [3.8, 4) is 0 Å². The molecule has 0 radical (unpaired) electrons. The van der Waals surface area contributed by atoms with Gasteiger partial charge in [0, 0.05) is 39.0 Å². The van der Waals surface area contributed by atoms with E-state index in [1.165, 1.54) is 12.8 Å². The average molecular weight is 293 g/mol. The summed E-state index contributed by atoms with van der Waals surface area (Å²) in [5.74, 6) is 1.15. The maximum absolute atomic E-state index is 6.04. The van der Waals surface area contributed by atoms with Crippen LogP contribution in [0.15, 0.2) is 12.4 Å². The third-order valence-electron chi connectivity index (χ3n) is 5.42. The molecule has 120 valence electrons. The van der Waals surface area contributed by atoms with Crippen LogP contribution in [0, 0.1) is 5.41 Å². The SMILES string of the molecule is CNC(CCc1nccn1C)C1(OC)CCC(C)(C)CC1. The first-order valence-corrected chi connectivity index (χ1v) is 8.11. The first-order valence-electron chi connectivity index (χ1n) is 8.11. The highest BCUT2D eigenvalue weighted by molar-refractivity contribution is 5.00. The second-order valence-corrected chi connectivity index (χ2v) is 7.27. The number of rotatable bonds is 6. The monoisotopic (exact) mass is 293 g/mol. The van der Waals surface area contributed by atoms with E-state index in [0.29, 0.717) is 11.5 Å². The summed E-state index contributed by atoms with van der Waals surface area (Å²) in [7, 11) is 6.00. The van der Waals surface area contributed by atoms with Crippen LogP contribution in [0.3, 0.4) is 0 Å². The molecule has 0 aromatic carbocycles. The fourth-order valence-corrected chi connectivity index (χ4v) is 3.63. The largest absolute Gasteiger partial charge is 0.377 e. The lowest BCUT2D eigenvalue weighted by Crippen LogP contribution is -2.54. The Morgan fingerprint density at radius 1 is 1.33 bits per heavy atom. The molecule has 4 heteroatoms. The number of ether oxygens (including phenoxy) is 1. The van der Waals surface area contributed by atoms with Crippen molar-refractivity contribution in [2.45, 2.75) is 64.0 Å². The molecule has 0 spiro atoms. The Balaban J connectivity index is 2.02. The quantitative estimate of drug-likeness (QED) is 0.876. The molecule has 1 heterocycles. The summed E-state index contributed by atoms with van der Waals surface area (Å²) in [6, 6.07) is 0.385. The van der Waals surface area contributed by atoms with E-state index in [0.717, 1.165) is 31.5 Å². The van der Waals surface area contributed by atoms with Gasteiger partial charge >= 0.3 is 0 Å². The summed E-state index contributed by atoms with van der Waals surface area (Å²) < 4.78 is 8.14. The van der Waals surface area contributed by atoms with E-state index in [4.69, 9.17) is 4.74 Å². The van der Waals surface area contributed by atoms with Crippen LogP contribution in [0.5, 0.6) is 0 Å². The fraction of sp³-hybridized carbons (Fsp3) is 0.824. The van der Waals surface area contributed by atoms with Crippen molar-refractivity contribution >= 4 is 0 Å². The summed E-state index contributed by atoms with van der Waals surface area (Å²) in [4.78, 5) is 4.43. The lowest BCUT2D eigenvalue weighted by Gasteiger charge is -2.47. The van der Waals surface area contributed by atoms with Gasteiger partial charge in [0.15, 0.2) is 0 Å². The van der Waals surface area contributed by atoms with Crippen molar-refractivity contribution in [3.05, 3.63) is 18.2 Å². The average Bonchev–Trinajstić information content (AvgIpc) is 2.87. The van der Waals surface area contributed by atoms with Gasteiger partial charge in [0.05, 0.1) is 5.60 Å². The van der Waals surface area contributed by atoms with Gasteiger partial charge in [-0.15, -0.1) is 0 Å². The number of aryl methyl sites for hydroxylation is 2. The Labute approximate surface area is 129 Å². The van der Waals surface area contributed by atoms with Gasteiger partial charge in [-0.3, -0.25) is 0 Å².